The quantitative estimate of drug-likeness (QED) is 0.101. The minimum Gasteiger partial charge on any atom is -0.508 e. The smallest absolute Gasteiger partial charge is 0.308 e. The maximum absolute atomic E-state index is 13.9. The van der Waals surface area contributed by atoms with Gasteiger partial charge in [0, 0.05) is 31.5 Å². The van der Waals surface area contributed by atoms with Gasteiger partial charge in [-0.05, 0) is 25.1 Å². The van der Waals surface area contributed by atoms with Crippen molar-refractivity contribution in [2.45, 2.75) is 82.2 Å². The first-order chi connectivity index (χ1) is 23.1. The summed E-state index contributed by atoms with van der Waals surface area (Å²) in [7, 11) is 0. The number of benzene rings is 2. The van der Waals surface area contributed by atoms with Crippen LogP contribution in [0.3, 0.4) is 0 Å². The zero-order chi connectivity index (χ0) is 35.9. The lowest BCUT2D eigenvalue weighted by Crippen LogP contribution is -2.61. The van der Waals surface area contributed by atoms with Crippen molar-refractivity contribution in [1.82, 2.24) is 0 Å². The normalized spacial score (nSPS) is 30.1. The van der Waals surface area contributed by atoms with Crippen LogP contribution in [0.2, 0.25) is 0 Å². The van der Waals surface area contributed by atoms with Gasteiger partial charge in [-0.1, -0.05) is 0 Å². The maximum Gasteiger partial charge on any atom is 0.308 e. The van der Waals surface area contributed by atoms with Crippen molar-refractivity contribution in [1.29, 1.82) is 0 Å². The van der Waals surface area contributed by atoms with Crippen LogP contribution in [0, 0.1) is 0 Å². The number of aromatic hydroxyl groups is 2. The van der Waals surface area contributed by atoms with Gasteiger partial charge < -0.3 is 73.7 Å². The van der Waals surface area contributed by atoms with Gasteiger partial charge in [-0.25, -0.2) is 0 Å². The molecule has 18 nitrogen and oxygen atoms in total. The number of esters is 2. The molecule has 2 aliphatic heterocycles. The second kappa shape index (κ2) is 14.2. The summed E-state index contributed by atoms with van der Waals surface area (Å²) in [4.78, 5) is 37.3. The molecule has 49 heavy (non-hydrogen) atoms. The Morgan fingerprint density at radius 1 is 0.776 bits per heavy atom. The van der Waals surface area contributed by atoms with E-state index in [0.717, 1.165) is 32.0 Å². The third-order valence-corrected chi connectivity index (χ3v) is 7.77. The molecule has 5 rings (SSSR count). The summed E-state index contributed by atoms with van der Waals surface area (Å²) in [6.45, 7) is 2.97. The standard InChI is InChI=1S/C31H34O18/c1-10-21(36)24(39)26(41)30(44-10)43-9-19-22(37)25(40)27(42)31(48-19)49-29-23(38)20-15(35)7-14(34)8-18(20)47-28(29)13-4-5-16(45-11(2)32)17(6-13)46-12(3)33/h4-8,10,19,21-22,24-27,30-31,34-37,39-42H,9H2,1-3H3/t10-,19+,21-,22+,24+,25-,26+,27+,30+,31-/m0/s1. The fourth-order valence-corrected chi connectivity index (χ4v) is 5.30. The van der Waals surface area contributed by atoms with Crippen LogP contribution in [0.1, 0.15) is 20.8 Å². The van der Waals surface area contributed by atoms with E-state index < -0.39 is 114 Å². The lowest BCUT2D eigenvalue weighted by molar-refractivity contribution is -0.318. The first-order valence-electron chi connectivity index (χ1n) is 14.8. The van der Waals surface area contributed by atoms with Crippen LogP contribution >= 0.6 is 0 Å². The minimum atomic E-state index is -2.01. The molecule has 0 unspecified atom stereocenters. The fourth-order valence-electron chi connectivity index (χ4n) is 5.30. The predicted octanol–water partition coefficient (Wildman–Crippen LogP) is -1.25. The molecule has 1 aromatic heterocycles. The number of ether oxygens (including phenoxy) is 6. The van der Waals surface area contributed by atoms with Gasteiger partial charge >= 0.3 is 11.9 Å². The molecule has 0 spiro atoms. The Bertz CT molecular complexity index is 1770. The number of aliphatic hydroxyl groups excluding tert-OH is 6. The van der Waals surface area contributed by atoms with Crippen molar-refractivity contribution in [3.8, 4) is 40.1 Å². The third-order valence-electron chi connectivity index (χ3n) is 7.77. The third kappa shape index (κ3) is 7.32. The van der Waals surface area contributed by atoms with Gasteiger partial charge in [0.2, 0.25) is 17.5 Å². The number of hydrogen-bond donors (Lipinski definition) is 8. The zero-order valence-corrected chi connectivity index (χ0v) is 26.0. The van der Waals surface area contributed by atoms with Crippen LogP contribution in [0.5, 0.6) is 28.7 Å². The van der Waals surface area contributed by atoms with E-state index in [1.165, 1.54) is 19.1 Å². The Kier molecular flexibility index (Phi) is 10.4. The van der Waals surface area contributed by atoms with Gasteiger partial charge in [0.05, 0.1) is 12.7 Å². The molecule has 3 heterocycles. The first-order valence-corrected chi connectivity index (χ1v) is 14.8. The molecule has 18 heteroatoms. The van der Waals surface area contributed by atoms with E-state index in [-0.39, 0.29) is 22.6 Å². The second-order valence-corrected chi connectivity index (χ2v) is 11.4. The van der Waals surface area contributed by atoms with Crippen LogP contribution in [0.25, 0.3) is 22.3 Å². The number of phenolic OH excluding ortho intramolecular Hbond substituents is 2. The second-order valence-electron chi connectivity index (χ2n) is 11.4. The molecule has 2 fully saturated rings. The highest BCUT2D eigenvalue weighted by atomic mass is 16.7. The van der Waals surface area contributed by atoms with Crippen LogP contribution in [0.4, 0.5) is 0 Å². The van der Waals surface area contributed by atoms with Crippen LogP contribution < -0.4 is 19.6 Å². The topological polar surface area (TPSA) is 282 Å². The van der Waals surface area contributed by atoms with E-state index in [2.05, 4.69) is 0 Å². The Morgan fingerprint density at radius 2 is 1.41 bits per heavy atom. The van der Waals surface area contributed by atoms with Crippen molar-refractivity contribution in [3.63, 3.8) is 0 Å². The summed E-state index contributed by atoms with van der Waals surface area (Å²) in [6, 6.07) is 5.50. The summed E-state index contributed by atoms with van der Waals surface area (Å²) < 4.78 is 38.4. The Labute approximate surface area is 275 Å². The molecular weight excluding hydrogens is 660 g/mol. The van der Waals surface area contributed by atoms with Gasteiger partial charge in [0.1, 0.15) is 65.2 Å². The van der Waals surface area contributed by atoms with E-state index in [4.69, 9.17) is 32.8 Å². The van der Waals surface area contributed by atoms with Crippen molar-refractivity contribution in [2.24, 2.45) is 0 Å². The van der Waals surface area contributed by atoms with E-state index in [1.54, 1.807) is 0 Å². The average molecular weight is 695 g/mol. The highest BCUT2D eigenvalue weighted by Gasteiger charge is 2.48. The van der Waals surface area contributed by atoms with Crippen molar-refractivity contribution in [3.05, 3.63) is 40.6 Å². The molecule has 2 saturated heterocycles. The highest BCUT2D eigenvalue weighted by Crippen LogP contribution is 2.40. The zero-order valence-electron chi connectivity index (χ0n) is 26.0. The van der Waals surface area contributed by atoms with Crippen molar-refractivity contribution < 1.29 is 83.3 Å². The molecule has 0 amide bonds. The monoisotopic (exact) mass is 694 g/mol. The molecular formula is C31H34O18. The van der Waals surface area contributed by atoms with Crippen molar-refractivity contribution in [2.75, 3.05) is 6.61 Å². The number of phenols is 2. The minimum absolute atomic E-state index is 0.0481. The van der Waals surface area contributed by atoms with E-state index in [9.17, 15) is 55.2 Å². The number of rotatable bonds is 8. The Hall–Kier alpha value is -4.37. The SMILES string of the molecule is CC(=O)Oc1ccc(-c2oc3cc(O)cc(O)c3c(=O)c2O[C@@H]2O[C@H](CO[C@@H]3O[C@@H](C)[C@H](O)[C@@H](O)[C@H]3O)[C@@H](O)[C@H](O)[C@H]2O)cc1OC(C)=O. The number of fused-ring (bicyclic) bond motifs is 1. The predicted molar refractivity (Wildman–Crippen MR) is 159 cm³/mol. The molecule has 8 N–H and O–H groups in total. The highest BCUT2D eigenvalue weighted by molar-refractivity contribution is 5.88. The van der Waals surface area contributed by atoms with Crippen LogP contribution in [-0.4, -0.2) is 121 Å². The fraction of sp³-hybridized carbons (Fsp3) is 0.452. The first kappa shape index (κ1) is 35.9. The molecule has 2 aliphatic rings. The van der Waals surface area contributed by atoms with Gasteiger partial charge in [-0.2, -0.15) is 0 Å². The van der Waals surface area contributed by atoms with E-state index in [1.807, 2.05) is 0 Å². The van der Waals surface area contributed by atoms with Crippen LogP contribution in [0.15, 0.2) is 39.5 Å². The maximum atomic E-state index is 13.9. The molecule has 0 bridgehead atoms. The number of carbonyl (C=O) groups excluding carboxylic acids is 2. The summed E-state index contributed by atoms with van der Waals surface area (Å²) >= 11 is 0. The van der Waals surface area contributed by atoms with E-state index >= 15 is 0 Å². The molecule has 266 valence electrons. The van der Waals surface area contributed by atoms with Gasteiger partial charge in [0.25, 0.3) is 0 Å². The van der Waals surface area contributed by atoms with E-state index in [0.29, 0.717) is 0 Å². The number of hydrogen-bond acceptors (Lipinski definition) is 18. The van der Waals surface area contributed by atoms with Crippen molar-refractivity contribution >= 4 is 22.9 Å². The number of aliphatic hydroxyl groups is 6. The van der Waals surface area contributed by atoms with Crippen LogP contribution in [-0.2, 0) is 23.8 Å². The molecule has 10 atom stereocenters. The van der Waals surface area contributed by atoms with Gasteiger partial charge in [0.15, 0.2) is 23.5 Å². The lowest BCUT2D eigenvalue weighted by Gasteiger charge is -2.42. The van der Waals surface area contributed by atoms with Gasteiger partial charge in [-0.15, -0.1) is 0 Å². The summed E-state index contributed by atoms with van der Waals surface area (Å²) in [5.41, 5.74) is -1.44. The molecule has 0 saturated carbocycles. The summed E-state index contributed by atoms with van der Waals surface area (Å²) in [5.74, 6) is -4.37. The van der Waals surface area contributed by atoms with Gasteiger partial charge in [-0.3, -0.25) is 14.4 Å². The summed E-state index contributed by atoms with van der Waals surface area (Å²) in [5, 5.41) is 82.5. The molecule has 3 aromatic rings. The average Bonchev–Trinajstić information content (AvgIpc) is 3.02. The molecule has 0 radical (unpaired) electrons. The largest absolute Gasteiger partial charge is 0.508 e. The molecule has 2 aromatic carbocycles. The Morgan fingerprint density at radius 3 is 2.08 bits per heavy atom. The summed E-state index contributed by atoms with van der Waals surface area (Å²) in [6.07, 6.45) is -16.5. The molecule has 0 aliphatic carbocycles. The lowest BCUT2D eigenvalue weighted by atomic mass is 9.98. The Balaban J connectivity index is 1.53. The number of carbonyl (C=O) groups is 2.